The monoisotopic (exact) mass is 526 g/mol. The second-order valence-electron chi connectivity index (χ2n) is 11.1. The van der Waals surface area contributed by atoms with Crippen LogP contribution in [0.15, 0.2) is 37.4 Å². The smallest absolute Gasteiger partial charge is 0.243 e. The van der Waals surface area contributed by atoms with Crippen LogP contribution in [-0.4, -0.2) is 61.4 Å². The molecule has 0 aliphatic carbocycles. The molecular weight excluding hydrogens is 476 g/mol. The van der Waals surface area contributed by atoms with Gasteiger partial charge in [0.15, 0.2) is 16.6 Å². The molecule has 0 saturated carbocycles. The molecule has 2 atom stereocenters. The lowest BCUT2D eigenvalue weighted by atomic mass is 10.2. The Morgan fingerprint density at radius 1 is 0.914 bits per heavy atom. The standard InChI is InChI=1S/C25H50N4O4Si2/c1-7-8-17-34(3,4)33-35(5,6)18-9-11-27-14-15-29(23-27)19-24(30)10-16-32-21-25(31)20-28-13-12-26(2)22-28/h12-15,22-25,30-31H,7-11,16-21H2,1-6H3/q+2. The van der Waals surface area contributed by atoms with Crippen molar-refractivity contribution in [3.05, 3.63) is 37.4 Å². The second-order valence-corrected chi connectivity index (χ2v) is 20.0. The third kappa shape index (κ3) is 12.5. The van der Waals surface area contributed by atoms with E-state index >= 15 is 0 Å². The van der Waals surface area contributed by atoms with Crippen LogP contribution in [0.2, 0.25) is 38.3 Å². The molecule has 0 bridgehead atoms. The largest absolute Gasteiger partial charge is 0.455 e. The zero-order valence-corrected chi connectivity index (χ0v) is 24.9. The lowest BCUT2D eigenvalue weighted by Crippen LogP contribution is -2.44. The summed E-state index contributed by atoms with van der Waals surface area (Å²) in [5.74, 6) is 0. The molecule has 0 radical (unpaired) electrons. The molecule has 0 saturated heterocycles. The van der Waals surface area contributed by atoms with E-state index in [1.54, 1.807) is 0 Å². The Morgan fingerprint density at radius 2 is 1.60 bits per heavy atom. The quantitative estimate of drug-likeness (QED) is 0.178. The fourth-order valence-corrected chi connectivity index (χ4v) is 13.5. The molecule has 0 fully saturated rings. The van der Waals surface area contributed by atoms with E-state index in [1.165, 1.54) is 24.9 Å². The van der Waals surface area contributed by atoms with E-state index in [0.717, 1.165) is 13.0 Å². The van der Waals surface area contributed by atoms with Gasteiger partial charge in [-0.05, 0) is 44.7 Å². The van der Waals surface area contributed by atoms with Crippen molar-refractivity contribution < 1.29 is 28.2 Å². The molecule has 2 aromatic heterocycles. The molecule has 0 aromatic carbocycles. The number of aliphatic hydroxyl groups excluding tert-OH is 2. The van der Waals surface area contributed by atoms with Gasteiger partial charge in [0.1, 0.15) is 44.0 Å². The van der Waals surface area contributed by atoms with Gasteiger partial charge < -0.3 is 19.1 Å². The Hall–Kier alpha value is -1.31. The molecular formula is C25H50N4O4Si2+2. The van der Waals surface area contributed by atoms with Crippen molar-refractivity contribution in [2.45, 2.75) is 103 Å². The molecule has 200 valence electrons. The minimum Gasteiger partial charge on any atom is -0.455 e. The van der Waals surface area contributed by atoms with Crippen molar-refractivity contribution >= 4 is 16.6 Å². The van der Waals surface area contributed by atoms with Gasteiger partial charge in [0.25, 0.3) is 0 Å². The lowest BCUT2D eigenvalue weighted by molar-refractivity contribution is -0.703. The Kier molecular flexibility index (Phi) is 12.3. The minimum absolute atomic E-state index is 0.264. The predicted octanol–water partition coefficient (Wildman–Crippen LogP) is 2.85. The van der Waals surface area contributed by atoms with Crippen LogP contribution in [0.25, 0.3) is 0 Å². The number of unbranched alkanes of at least 4 members (excludes halogenated alkanes) is 1. The Morgan fingerprint density at radius 3 is 2.26 bits per heavy atom. The summed E-state index contributed by atoms with van der Waals surface area (Å²) in [5.41, 5.74) is 0. The third-order valence-electron chi connectivity index (χ3n) is 6.20. The van der Waals surface area contributed by atoms with Gasteiger partial charge in [0.2, 0.25) is 12.7 Å². The Balaban J connectivity index is 1.62. The predicted molar refractivity (Wildman–Crippen MR) is 143 cm³/mol. The average molecular weight is 527 g/mol. The number of aliphatic hydroxyl groups is 2. The van der Waals surface area contributed by atoms with Crippen LogP contribution < -0.4 is 9.13 Å². The molecule has 2 aromatic rings. The van der Waals surface area contributed by atoms with E-state index in [-0.39, 0.29) is 6.61 Å². The highest BCUT2D eigenvalue weighted by Crippen LogP contribution is 2.24. The number of aromatic nitrogens is 4. The summed E-state index contributed by atoms with van der Waals surface area (Å²) in [6.07, 6.45) is 15.1. The number of nitrogens with zero attached hydrogens (tertiary/aromatic N) is 4. The van der Waals surface area contributed by atoms with Crippen molar-refractivity contribution in [1.29, 1.82) is 0 Å². The number of aryl methyl sites for hydroxylation is 2. The van der Waals surface area contributed by atoms with Crippen LogP contribution in [0.5, 0.6) is 0 Å². The summed E-state index contributed by atoms with van der Waals surface area (Å²) in [5, 5.41) is 20.5. The molecule has 2 unspecified atom stereocenters. The number of hydrogen-bond donors (Lipinski definition) is 2. The number of rotatable bonds is 18. The van der Waals surface area contributed by atoms with Crippen molar-refractivity contribution in [3.63, 3.8) is 0 Å². The zero-order valence-electron chi connectivity index (χ0n) is 22.9. The lowest BCUT2D eigenvalue weighted by Gasteiger charge is -2.34. The second kappa shape index (κ2) is 14.4. The van der Waals surface area contributed by atoms with Gasteiger partial charge in [-0.25, -0.2) is 18.3 Å². The Labute approximate surface area is 214 Å². The highest BCUT2D eigenvalue weighted by Gasteiger charge is 2.32. The fourth-order valence-electron chi connectivity index (χ4n) is 4.50. The molecule has 0 aliphatic heterocycles. The van der Waals surface area contributed by atoms with Gasteiger partial charge in [-0.3, -0.25) is 0 Å². The first kappa shape index (κ1) is 29.9. The summed E-state index contributed by atoms with van der Waals surface area (Å²) < 4.78 is 20.4. The maximum atomic E-state index is 10.4. The van der Waals surface area contributed by atoms with Gasteiger partial charge in [-0.2, -0.15) is 0 Å². The van der Waals surface area contributed by atoms with Crippen LogP contribution in [0, 0.1) is 0 Å². The molecule has 0 amide bonds. The summed E-state index contributed by atoms with van der Waals surface area (Å²) in [6.45, 7) is 14.4. The number of ether oxygens (including phenoxy) is 1. The van der Waals surface area contributed by atoms with Crippen LogP contribution in [0.3, 0.4) is 0 Å². The van der Waals surface area contributed by atoms with E-state index < -0.39 is 28.8 Å². The van der Waals surface area contributed by atoms with E-state index in [2.05, 4.69) is 50.2 Å². The molecule has 2 N–H and O–H groups in total. The van der Waals surface area contributed by atoms with Gasteiger partial charge in [0.05, 0.1) is 26.3 Å². The van der Waals surface area contributed by atoms with Crippen LogP contribution in [0.4, 0.5) is 0 Å². The fraction of sp³-hybridized carbons (Fsp3) is 0.760. The van der Waals surface area contributed by atoms with Crippen LogP contribution in [-0.2, 0) is 35.5 Å². The molecule has 0 spiro atoms. The van der Waals surface area contributed by atoms with Crippen LogP contribution >= 0.6 is 0 Å². The molecule has 35 heavy (non-hydrogen) atoms. The number of hydrogen-bond acceptors (Lipinski definition) is 4. The van der Waals surface area contributed by atoms with E-state index in [1.807, 2.05) is 45.7 Å². The highest BCUT2D eigenvalue weighted by molar-refractivity contribution is 6.84. The summed E-state index contributed by atoms with van der Waals surface area (Å²) >= 11 is 0. The first-order valence-corrected chi connectivity index (χ1v) is 19.4. The van der Waals surface area contributed by atoms with E-state index in [4.69, 9.17) is 8.85 Å². The van der Waals surface area contributed by atoms with E-state index in [0.29, 0.717) is 26.1 Å². The highest BCUT2D eigenvalue weighted by atomic mass is 28.4. The van der Waals surface area contributed by atoms with E-state index in [9.17, 15) is 10.2 Å². The van der Waals surface area contributed by atoms with Crippen molar-refractivity contribution in [3.8, 4) is 0 Å². The summed E-state index contributed by atoms with van der Waals surface area (Å²) in [7, 11) is -1.24. The molecule has 2 heterocycles. The van der Waals surface area contributed by atoms with Gasteiger partial charge in [0, 0.05) is 13.0 Å². The Bertz CT molecular complexity index is 856. The molecule has 8 nitrogen and oxygen atoms in total. The number of imidazole rings is 2. The zero-order chi connectivity index (χ0) is 25.9. The van der Waals surface area contributed by atoms with Crippen molar-refractivity contribution in [1.82, 2.24) is 9.13 Å². The topological polar surface area (TPSA) is 76.5 Å². The molecule has 0 aliphatic rings. The first-order chi connectivity index (χ1) is 16.5. The van der Waals surface area contributed by atoms with Gasteiger partial charge in [-0.15, -0.1) is 0 Å². The van der Waals surface area contributed by atoms with Crippen molar-refractivity contribution in [2.24, 2.45) is 7.05 Å². The minimum atomic E-state index is -1.64. The van der Waals surface area contributed by atoms with Gasteiger partial charge in [-0.1, -0.05) is 19.8 Å². The normalized spacial score (nSPS) is 14.4. The summed E-state index contributed by atoms with van der Waals surface area (Å²) in [6, 6.07) is 2.43. The summed E-state index contributed by atoms with van der Waals surface area (Å²) in [4.78, 5) is 0. The van der Waals surface area contributed by atoms with Gasteiger partial charge >= 0.3 is 0 Å². The van der Waals surface area contributed by atoms with Crippen LogP contribution in [0.1, 0.15) is 32.6 Å². The molecule has 10 heteroatoms. The third-order valence-corrected chi connectivity index (χ3v) is 13.7. The maximum absolute atomic E-state index is 10.4. The SMILES string of the molecule is CCCC[Si](C)(C)O[Si](C)(C)CCCn1cc[n+](CC(O)CCOCC(O)Cn2cc[n+](C)c2)c1. The maximum Gasteiger partial charge on any atom is 0.243 e. The average Bonchev–Trinajstić information content (AvgIpc) is 3.37. The first-order valence-electron chi connectivity index (χ1n) is 13.2. The molecule has 2 rings (SSSR count). The van der Waals surface area contributed by atoms with Crippen molar-refractivity contribution in [2.75, 3.05) is 13.2 Å².